The Bertz CT molecular complexity index is 751. The van der Waals surface area contributed by atoms with Crippen molar-refractivity contribution < 1.29 is 4.74 Å². The van der Waals surface area contributed by atoms with Crippen LogP contribution in [0.3, 0.4) is 0 Å². The van der Waals surface area contributed by atoms with Crippen LogP contribution in [0.1, 0.15) is 11.1 Å². The second kappa shape index (κ2) is 5.93. The van der Waals surface area contributed by atoms with E-state index in [0.717, 1.165) is 12.4 Å². The average molecular weight is 282 g/mol. The number of aromatic nitrogens is 3. The fraction of sp³-hybridized carbons (Fsp3) is 0.250. The number of hydrogen-bond acceptors (Lipinski definition) is 4. The molecule has 0 aliphatic heterocycles. The van der Waals surface area contributed by atoms with E-state index in [-0.39, 0.29) is 0 Å². The Labute approximate surface area is 123 Å². The Kier molecular flexibility index (Phi) is 3.83. The number of aryl methyl sites for hydroxylation is 1. The molecule has 0 saturated heterocycles. The molecule has 1 heterocycles. The lowest BCUT2D eigenvalue weighted by atomic mass is 10.0. The summed E-state index contributed by atoms with van der Waals surface area (Å²) in [5.41, 5.74) is 2.56. The van der Waals surface area contributed by atoms with Gasteiger partial charge in [-0.25, -0.2) is 4.68 Å². The van der Waals surface area contributed by atoms with E-state index in [4.69, 9.17) is 4.74 Å². The largest absolute Gasteiger partial charge is 0.363 e. The monoisotopic (exact) mass is 282 g/mol. The summed E-state index contributed by atoms with van der Waals surface area (Å²) in [5, 5.41) is 13.9. The van der Waals surface area contributed by atoms with Crippen LogP contribution in [0.25, 0.3) is 10.8 Å². The van der Waals surface area contributed by atoms with E-state index in [0.29, 0.717) is 6.73 Å². The van der Waals surface area contributed by atoms with E-state index in [9.17, 15) is 0 Å². The molecule has 0 fully saturated rings. The van der Waals surface area contributed by atoms with Crippen molar-refractivity contribution in [2.24, 2.45) is 0 Å². The molecule has 1 N–H and O–H groups in total. The number of nitrogens with one attached hydrogen (secondary N) is 1. The number of nitrogens with zero attached hydrogens (tertiary/aromatic N) is 3. The number of rotatable bonds is 5. The summed E-state index contributed by atoms with van der Waals surface area (Å²) in [6, 6.07) is 12.7. The Morgan fingerprint density at radius 3 is 2.90 bits per heavy atom. The summed E-state index contributed by atoms with van der Waals surface area (Å²) < 4.78 is 6.65. The van der Waals surface area contributed by atoms with Gasteiger partial charge in [0, 0.05) is 13.7 Å². The van der Waals surface area contributed by atoms with Gasteiger partial charge in [-0.1, -0.05) is 41.6 Å². The number of hydrogen-bond donors (Lipinski definition) is 1. The molecule has 1 aromatic heterocycles. The second-order valence-electron chi connectivity index (χ2n) is 4.99. The van der Waals surface area contributed by atoms with Crippen molar-refractivity contribution in [1.82, 2.24) is 15.0 Å². The molecule has 5 heteroatoms. The summed E-state index contributed by atoms with van der Waals surface area (Å²) in [6.07, 6.45) is 1.83. The third-order valence-corrected chi connectivity index (χ3v) is 3.57. The zero-order valence-electron chi connectivity index (χ0n) is 12.2. The molecular formula is C16H18N4O. The minimum atomic E-state index is 0.406. The lowest BCUT2D eigenvalue weighted by molar-refractivity contribution is 0.119. The molecule has 0 bridgehead atoms. The number of fused-ring (bicyclic) bond motifs is 1. The van der Waals surface area contributed by atoms with Crippen LogP contribution in [-0.4, -0.2) is 22.1 Å². The van der Waals surface area contributed by atoms with Crippen molar-refractivity contribution >= 4 is 16.6 Å². The van der Waals surface area contributed by atoms with Crippen LogP contribution in [0.15, 0.2) is 42.6 Å². The van der Waals surface area contributed by atoms with Gasteiger partial charge in [0.05, 0.1) is 6.20 Å². The van der Waals surface area contributed by atoms with Crippen molar-refractivity contribution in [2.45, 2.75) is 20.2 Å². The molecule has 0 radical (unpaired) electrons. The van der Waals surface area contributed by atoms with Crippen LogP contribution in [0.5, 0.6) is 0 Å². The average Bonchev–Trinajstić information content (AvgIpc) is 2.95. The van der Waals surface area contributed by atoms with Crippen molar-refractivity contribution in [3.05, 3.63) is 53.7 Å². The predicted octanol–water partition coefficient (Wildman–Crippen LogP) is 2.96. The topological polar surface area (TPSA) is 52.0 Å². The van der Waals surface area contributed by atoms with Crippen LogP contribution >= 0.6 is 0 Å². The molecule has 2 aromatic carbocycles. The lowest BCUT2D eigenvalue weighted by Crippen LogP contribution is -2.02. The first-order valence-corrected chi connectivity index (χ1v) is 6.88. The quantitative estimate of drug-likeness (QED) is 0.781. The zero-order valence-corrected chi connectivity index (χ0v) is 12.2. The van der Waals surface area contributed by atoms with Crippen LogP contribution in [0, 0.1) is 6.92 Å². The summed E-state index contributed by atoms with van der Waals surface area (Å²) in [6.45, 7) is 3.28. The van der Waals surface area contributed by atoms with Crippen molar-refractivity contribution in [3.63, 3.8) is 0 Å². The minimum absolute atomic E-state index is 0.406. The predicted molar refractivity (Wildman–Crippen MR) is 83.0 cm³/mol. The third-order valence-electron chi connectivity index (χ3n) is 3.57. The van der Waals surface area contributed by atoms with Gasteiger partial charge in [-0.3, -0.25) is 0 Å². The van der Waals surface area contributed by atoms with Gasteiger partial charge in [0.1, 0.15) is 6.73 Å². The molecule has 0 unspecified atom stereocenters. The molecule has 0 spiro atoms. The Hall–Kier alpha value is -2.40. The first-order valence-electron chi connectivity index (χ1n) is 6.88. The summed E-state index contributed by atoms with van der Waals surface area (Å²) in [4.78, 5) is 0. The normalized spacial score (nSPS) is 11.0. The highest BCUT2D eigenvalue weighted by Gasteiger charge is 2.05. The van der Waals surface area contributed by atoms with Gasteiger partial charge >= 0.3 is 0 Å². The highest BCUT2D eigenvalue weighted by Crippen LogP contribution is 2.22. The maximum atomic E-state index is 5.00. The number of anilines is 1. The van der Waals surface area contributed by atoms with Crippen molar-refractivity contribution in [2.75, 3.05) is 12.4 Å². The van der Waals surface area contributed by atoms with Gasteiger partial charge < -0.3 is 10.1 Å². The van der Waals surface area contributed by atoms with Gasteiger partial charge in [-0.15, -0.1) is 5.10 Å². The lowest BCUT2D eigenvalue weighted by Gasteiger charge is -2.10. The van der Waals surface area contributed by atoms with Crippen LogP contribution in [0.4, 0.5) is 5.82 Å². The molecular weight excluding hydrogens is 264 g/mol. The number of methoxy groups -OCH3 is 1. The number of benzene rings is 2. The van der Waals surface area contributed by atoms with Crippen LogP contribution < -0.4 is 5.32 Å². The highest BCUT2D eigenvalue weighted by atomic mass is 16.5. The molecule has 5 nitrogen and oxygen atoms in total. The third kappa shape index (κ3) is 2.87. The van der Waals surface area contributed by atoms with Gasteiger partial charge in [-0.05, 0) is 28.8 Å². The molecule has 0 aliphatic rings. The second-order valence-corrected chi connectivity index (χ2v) is 4.99. The maximum absolute atomic E-state index is 5.00. The Morgan fingerprint density at radius 2 is 2.05 bits per heavy atom. The standard InChI is InChI=1S/C16H18N4O/c1-12-14(8-7-13-5-3-4-6-15(12)13)9-17-16-10-20(11-21-2)19-18-16/h3-8,10,17H,9,11H2,1-2H3. The van der Waals surface area contributed by atoms with E-state index in [2.05, 4.69) is 59.0 Å². The molecule has 0 amide bonds. The van der Waals surface area contributed by atoms with Crippen molar-refractivity contribution in [1.29, 1.82) is 0 Å². The first kappa shape index (κ1) is 13.6. The molecule has 108 valence electrons. The van der Waals surface area contributed by atoms with E-state index < -0.39 is 0 Å². The fourth-order valence-electron chi connectivity index (χ4n) is 2.42. The molecule has 0 saturated carbocycles. The molecule has 3 aromatic rings. The van der Waals surface area contributed by atoms with Crippen LogP contribution in [0.2, 0.25) is 0 Å². The maximum Gasteiger partial charge on any atom is 0.168 e. The Morgan fingerprint density at radius 1 is 1.19 bits per heavy atom. The summed E-state index contributed by atoms with van der Waals surface area (Å²) in [5.74, 6) is 0.750. The highest BCUT2D eigenvalue weighted by molar-refractivity contribution is 5.86. The van der Waals surface area contributed by atoms with E-state index >= 15 is 0 Å². The summed E-state index contributed by atoms with van der Waals surface area (Å²) >= 11 is 0. The zero-order chi connectivity index (χ0) is 14.7. The molecule has 0 aliphatic carbocycles. The first-order chi connectivity index (χ1) is 10.3. The molecule has 3 rings (SSSR count). The summed E-state index contributed by atoms with van der Waals surface area (Å²) in [7, 11) is 1.63. The minimum Gasteiger partial charge on any atom is -0.363 e. The Balaban J connectivity index is 1.76. The molecule has 0 atom stereocenters. The fourth-order valence-corrected chi connectivity index (χ4v) is 2.42. The smallest absolute Gasteiger partial charge is 0.168 e. The molecule has 21 heavy (non-hydrogen) atoms. The van der Waals surface area contributed by atoms with Gasteiger partial charge in [-0.2, -0.15) is 0 Å². The van der Waals surface area contributed by atoms with E-state index in [1.165, 1.54) is 21.9 Å². The van der Waals surface area contributed by atoms with E-state index in [1.54, 1.807) is 11.8 Å². The van der Waals surface area contributed by atoms with Crippen LogP contribution in [-0.2, 0) is 18.0 Å². The SMILES string of the molecule is COCn1cc(NCc2ccc3ccccc3c2C)nn1. The van der Waals surface area contributed by atoms with Gasteiger partial charge in [0.2, 0.25) is 0 Å². The van der Waals surface area contributed by atoms with Gasteiger partial charge in [0.15, 0.2) is 5.82 Å². The van der Waals surface area contributed by atoms with Crippen molar-refractivity contribution in [3.8, 4) is 0 Å². The van der Waals surface area contributed by atoms with E-state index in [1.807, 2.05) is 6.20 Å². The van der Waals surface area contributed by atoms with Gasteiger partial charge in [0.25, 0.3) is 0 Å². The number of ether oxygens (including phenoxy) is 1.